The molecule has 2 amide bonds. The molecule has 0 bridgehead atoms. The molecule has 1 aromatic carbocycles. The van der Waals surface area contributed by atoms with Crippen LogP contribution in [0.2, 0.25) is 0 Å². The summed E-state index contributed by atoms with van der Waals surface area (Å²) in [5.41, 5.74) is 3.22. The molecule has 0 fully saturated rings. The first-order valence-corrected chi connectivity index (χ1v) is 6.58. The molecule has 1 rings (SSSR count). The van der Waals surface area contributed by atoms with Gasteiger partial charge in [0, 0.05) is 0 Å². The fourth-order valence-electron chi connectivity index (χ4n) is 1.77. The van der Waals surface area contributed by atoms with Crippen molar-refractivity contribution >= 4 is 17.8 Å². The normalized spacial score (nSPS) is 12.3. The van der Waals surface area contributed by atoms with Crippen LogP contribution in [0.5, 0.6) is 0 Å². The van der Waals surface area contributed by atoms with Crippen LogP contribution in [0, 0.1) is 0 Å². The average molecular weight is 332 g/mol. The summed E-state index contributed by atoms with van der Waals surface area (Å²) in [6, 6.07) is 2.60. The monoisotopic (exact) mass is 332 g/mol. The van der Waals surface area contributed by atoms with Crippen molar-refractivity contribution in [2.45, 2.75) is 25.6 Å². The van der Waals surface area contributed by atoms with E-state index in [0.717, 1.165) is 18.2 Å². The Morgan fingerprint density at radius 2 is 1.87 bits per heavy atom. The van der Waals surface area contributed by atoms with Gasteiger partial charge in [0.15, 0.2) is 0 Å². The molecule has 0 aliphatic rings. The maximum atomic E-state index is 12.9. The first-order valence-electron chi connectivity index (χ1n) is 6.58. The average Bonchev–Trinajstić information content (AvgIpc) is 2.45. The van der Waals surface area contributed by atoms with Crippen LogP contribution in [0.4, 0.5) is 13.2 Å². The number of benzene rings is 1. The van der Waals surface area contributed by atoms with Crippen LogP contribution >= 0.6 is 0 Å². The SMILES string of the molecule is CCOC(=O)C[C@@H](NC(=O)c1ccccc1C(F)(F)F)C(N)=O. The van der Waals surface area contributed by atoms with Gasteiger partial charge in [0.2, 0.25) is 5.91 Å². The van der Waals surface area contributed by atoms with Crippen molar-refractivity contribution in [1.82, 2.24) is 5.32 Å². The standard InChI is InChI=1S/C14H15F3N2O4/c1-2-23-11(20)7-10(12(18)21)19-13(22)8-5-3-4-6-9(8)14(15,16)17/h3-6,10H,2,7H2,1H3,(H2,18,21)(H,19,22)/t10-/m1/s1. The lowest BCUT2D eigenvalue weighted by atomic mass is 10.1. The number of carbonyl (C=O) groups is 3. The first kappa shape index (κ1) is 18.5. The lowest BCUT2D eigenvalue weighted by Gasteiger charge is -2.17. The van der Waals surface area contributed by atoms with Crippen molar-refractivity contribution in [1.29, 1.82) is 0 Å². The fraction of sp³-hybridized carbons (Fsp3) is 0.357. The number of amides is 2. The summed E-state index contributed by atoms with van der Waals surface area (Å²) >= 11 is 0. The Morgan fingerprint density at radius 3 is 2.39 bits per heavy atom. The van der Waals surface area contributed by atoms with E-state index in [1.807, 2.05) is 5.32 Å². The molecule has 0 aliphatic carbocycles. The lowest BCUT2D eigenvalue weighted by Crippen LogP contribution is -2.46. The van der Waals surface area contributed by atoms with Crippen molar-refractivity contribution < 1.29 is 32.3 Å². The number of alkyl halides is 3. The minimum Gasteiger partial charge on any atom is -0.466 e. The van der Waals surface area contributed by atoms with E-state index in [1.165, 1.54) is 13.0 Å². The minimum atomic E-state index is -4.74. The molecule has 0 saturated carbocycles. The van der Waals surface area contributed by atoms with Crippen molar-refractivity contribution in [2.24, 2.45) is 5.73 Å². The maximum absolute atomic E-state index is 12.9. The number of nitrogens with two attached hydrogens (primary N) is 1. The molecule has 1 atom stereocenters. The summed E-state index contributed by atoms with van der Waals surface area (Å²) in [6.45, 7) is 1.59. The number of carbonyl (C=O) groups excluding carboxylic acids is 3. The second-order valence-electron chi connectivity index (χ2n) is 4.48. The molecule has 0 spiro atoms. The van der Waals surface area contributed by atoms with E-state index in [2.05, 4.69) is 4.74 Å². The Morgan fingerprint density at radius 1 is 1.26 bits per heavy atom. The van der Waals surface area contributed by atoms with E-state index in [1.54, 1.807) is 0 Å². The predicted octanol–water partition coefficient (Wildman–Crippen LogP) is 1.24. The van der Waals surface area contributed by atoms with Crippen molar-refractivity contribution in [3.05, 3.63) is 35.4 Å². The van der Waals surface area contributed by atoms with Crippen molar-refractivity contribution in [3.63, 3.8) is 0 Å². The number of primary amides is 1. The van der Waals surface area contributed by atoms with Gasteiger partial charge in [0.05, 0.1) is 24.2 Å². The Labute approximate surface area is 129 Å². The van der Waals surface area contributed by atoms with Gasteiger partial charge in [-0.15, -0.1) is 0 Å². The lowest BCUT2D eigenvalue weighted by molar-refractivity contribution is -0.145. The molecule has 9 heteroatoms. The Balaban J connectivity index is 2.97. The van der Waals surface area contributed by atoms with Gasteiger partial charge in [-0.3, -0.25) is 14.4 Å². The van der Waals surface area contributed by atoms with Gasteiger partial charge in [-0.1, -0.05) is 12.1 Å². The highest BCUT2D eigenvalue weighted by Gasteiger charge is 2.35. The minimum absolute atomic E-state index is 0.0508. The van der Waals surface area contributed by atoms with E-state index in [-0.39, 0.29) is 6.61 Å². The van der Waals surface area contributed by atoms with Crippen molar-refractivity contribution in [2.75, 3.05) is 6.61 Å². The van der Waals surface area contributed by atoms with Gasteiger partial charge in [0.1, 0.15) is 6.04 Å². The number of esters is 1. The van der Waals surface area contributed by atoms with Gasteiger partial charge in [-0.2, -0.15) is 13.2 Å². The van der Waals surface area contributed by atoms with E-state index in [9.17, 15) is 27.6 Å². The van der Waals surface area contributed by atoms with Crippen LogP contribution in [-0.2, 0) is 20.5 Å². The molecular weight excluding hydrogens is 317 g/mol. The highest BCUT2D eigenvalue weighted by molar-refractivity contribution is 5.99. The molecule has 0 saturated heterocycles. The highest BCUT2D eigenvalue weighted by Crippen LogP contribution is 2.31. The smallest absolute Gasteiger partial charge is 0.417 e. The van der Waals surface area contributed by atoms with Crippen LogP contribution in [-0.4, -0.2) is 30.4 Å². The van der Waals surface area contributed by atoms with E-state index >= 15 is 0 Å². The van der Waals surface area contributed by atoms with Gasteiger partial charge in [-0.05, 0) is 19.1 Å². The summed E-state index contributed by atoms with van der Waals surface area (Å²) < 4.78 is 43.2. The molecule has 126 valence electrons. The second kappa shape index (κ2) is 7.61. The molecule has 0 heterocycles. The van der Waals surface area contributed by atoms with E-state index < -0.39 is 47.5 Å². The molecule has 1 aromatic rings. The van der Waals surface area contributed by atoms with Gasteiger partial charge >= 0.3 is 12.1 Å². The van der Waals surface area contributed by atoms with E-state index in [0.29, 0.717) is 0 Å². The number of hydrogen-bond donors (Lipinski definition) is 2. The summed E-state index contributed by atoms with van der Waals surface area (Å²) in [4.78, 5) is 34.6. The topological polar surface area (TPSA) is 98.5 Å². The third-order valence-electron chi connectivity index (χ3n) is 2.80. The molecular formula is C14H15F3N2O4. The third kappa shape index (κ3) is 5.28. The van der Waals surface area contributed by atoms with E-state index in [4.69, 9.17) is 5.73 Å². The van der Waals surface area contributed by atoms with Crippen LogP contribution in [0.15, 0.2) is 24.3 Å². The van der Waals surface area contributed by atoms with Gasteiger partial charge < -0.3 is 15.8 Å². The molecule has 0 aliphatic heterocycles. The molecule has 6 nitrogen and oxygen atoms in total. The Bertz CT molecular complexity index is 602. The molecule has 0 unspecified atom stereocenters. The van der Waals surface area contributed by atoms with Crippen LogP contribution in [0.3, 0.4) is 0 Å². The van der Waals surface area contributed by atoms with Crippen molar-refractivity contribution in [3.8, 4) is 0 Å². The Hall–Kier alpha value is -2.58. The number of hydrogen-bond acceptors (Lipinski definition) is 4. The zero-order valence-corrected chi connectivity index (χ0v) is 12.1. The summed E-state index contributed by atoms with van der Waals surface area (Å²) in [6.07, 6.45) is -5.31. The largest absolute Gasteiger partial charge is 0.466 e. The zero-order valence-electron chi connectivity index (χ0n) is 12.1. The Kier molecular flexibility index (Phi) is 6.11. The number of ether oxygens (including phenoxy) is 1. The summed E-state index contributed by atoms with van der Waals surface area (Å²) in [5, 5.41) is 2.02. The molecule has 23 heavy (non-hydrogen) atoms. The zero-order chi connectivity index (χ0) is 17.6. The van der Waals surface area contributed by atoms with Gasteiger partial charge in [0.25, 0.3) is 5.91 Å². The van der Waals surface area contributed by atoms with Gasteiger partial charge in [-0.25, -0.2) is 0 Å². The van der Waals surface area contributed by atoms with Crippen LogP contribution in [0.25, 0.3) is 0 Å². The number of rotatable bonds is 6. The predicted molar refractivity (Wildman–Crippen MR) is 73.1 cm³/mol. The van der Waals surface area contributed by atoms with Crippen LogP contribution in [0.1, 0.15) is 29.3 Å². The number of nitrogens with one attached hydrogen (secondary N) is 1. The molecule has 0 radical (unpaired) electrons. The fourth-order valence-corrected chi connectivity index (χ4v) is 1.77. The van der Waals surface area contributed by atoms with Crippen LogP contribution < -0.4 is 11.1 Å². The maximum Gasteiger partial charge on any atom is 0.417 e. The second-order valence-corrected chi connectivity index (χ2v) is 4.48. The molecule has 0 aromatic heterocycles. The third-order valence-corrected chi connectivity index (χ3v) is 2.80. The quantitative estimate of drug-likeness (QED) is 0.766. The molecule has 3 N–H and O–H groups in total. The summed E-state index contributed by atoms with van der Waals surface area (Å²) in [5.74, 6) is -3.03. The summed E-state index contributed by atoms with van der Waals surface area (Å²) in [7, 11) is 0. The first-order chi connectivity index (χ1) is 10.7. The highest BCUT2D eigenvalue weighted by atomic mass is 19.4. The number of halogens is 3.